The Morgan fingerprint density at radius 3 is 2.56 bits per heavy atom. The third kappa shape index (κ3) is 3.27. The van der Waals surface area contributed by atoms with Crippen LogP contribution in [0.2, 0.25) is 0 Å². The summed E-state index contributed by atoms with van der Waals surface area (Å²) in [5, 5.41) is 10.0. The second kappa shape index (κ2) is 7.11. The number of hydrogen-bond donors (Lipinski definition) is 1. The van der Waals surface area contributed by atoms with Crippen molar-refractivity contribution in [1.29, 1.82) is 5.26 Å². The summed E-state index contributed by atoms with van der Waals surface area (Å²) in [5.41, 5.74) is 6.18. The van der Waals surface area contributed by atoms with E-state index in [9.17, 15) is 13.2 Å². The predicted octanol–water partition coefficient (Wildman–Crippen LogP) is 3.60. The Morgan fingerprint density at radius 2 is 1.88 bits per heavy atom. The number of nitrogens with zero attached hydrogens (tertiary/aromatic N) is 3. The summed E-state index contributed by atoms with van der Waals surface area (Å²) in [7, 11) is -1.50. The largest absolute Gasteiger partial charge is 0.356 e. The van der Waals surface area contributed by atoms with Gasteiger partial charge in [0.15, 0.2) is 9.84 Å². The fourth-order valence-corrected chi connectivity index (χ4v) is 5.18. The van der Waals surface area contributed by atoms with Gasteiger partial charge in [-0.15, -0.1) is 0 Å². The number of sulfone groups is 1. The number of aromatic nitrogens is 2. The Morgan fingerprint density at radius 1 is 1.12 bits per heavy atom. The Balaban J connectivity index is 1.81. The smallest absolute Gasteiger partial charge is 0.274 e. The number of anilines is 2. The van der Waals surface area contributed by atoms with Gasteiger partial charge in [-0.1, -0.05) is 6.07 Å². The summed E-state index contributed by atoms with van der Waals surface area (Å²) in [4.78, 5) is 18.0. The molecule has 0 unspecified atom stereocenters. The predicted molar refractivity (Wildman–Crippen MR) is 125 cm³/mol. The number of rotatable bonds is 3. The molecular weight excluding hydrogens is 424 g/mol. The minimum absolute atomic E-state index is 0.0634. The second-order valence-corrected chi connectivity index (χ2v) is 10.3. The Bertz CT molecular complexity index is 1590. The van der Waals surface area contributed by atoms with Crippen LogP contribution in [0.15, 0.2) is 59.7 Å². The van der Waals surface area contributed by atoms with Crippen molar-refractivity contribution >= 4 is 32.1 Å². The van der Waals surface area contributed by atoms with E-state index in [0.717, 1.165) is 33.5 Å². The highest BCUT2D eigenvalue weighted by Gasteiger charge is 2.26. The van der Waals surface area contributed by atoms with Crippen LogP contribution in [0.5, 0.6) is 0 Å². The summed E-state index contributed by atoms with van der Waals surface area (Å²) in [6, 6.07) is 15.1. The lowest BCUT2D eigenvalue weighted by Gasteiger charge is -2.26. The first kappa shape index (κ1) is 20.1. The zero-order valence-electron chi connectivity index (χ0n) is 17.6. The van der Waals surface area contributed by atoms with Crippen molar-refractivity contribution < 1.29 is 8.42 Å². The topological polar surface area (TPSA) is 99.0 Å². The molecule has 0 atom stereocenters. The highest BCUT2D eigenvalue weighted by molar-refractivity contribution is 7.89. The van der Waals surface area contributed by atoms with Gasteiger partial charge in [-0.25, -0.2) is 8.42 Å². The van der Waals surface area contributed by atoms with Gasteiger partial charge in [0.05, 0.1) is 23.9 Å². The average molecular weight is 445 g/mol. The lowest BCUT2D eigenvalue weighted by Crippen LogP contribution is -2.16. The van der Waals surface area contributed by atoms with Crippen LogP contribution in [0.3, 0.4) is 0 Å². The van der Waals surface area contributed by atoms with Gasteiger partial charge in [0.25, 0.3) is 5.56 Å². The molecule has 3 heterocycles. The Kier molecular flexibility index (Phi) is 4.46. The SMILES string of the molecule is Cn1cc2c3c(c[nH]c3c1=O)CN(c1ccc(C#N)cc1)c1ccc(CS(C)(=O)=O)cc1-2. The Labute approximate surface area is 185 Å². The minimum Gasteiger partial charge on any atom is -0.356 e. The van der Waals surface area contributed by atoms with Gasteiger partial charge in [0, 0.05) is 53.6 Å². The van der Waals surface area contributed by atoms with E-state index < -0.39 is 9.84 Å². The first-order chi connectivity index (χ1) is 15.2. The van der Waals surface area contributed by atoms with Gasteiger partial charge in [0.2, 0.25) is 0 Å². The molecule has 1 aliphatic rings. The van der Waals surface area contributed by atoms with Gasteiger partial charge in [-0.2, -0.15) is 5.26 Å². The van der Waals surface area contributed by atoms with E-state index in [-0.39, 0.29) is 11.3 Å². The van der Waals surface area contributed by atoms with Crippen molar-refractivity contribution in [3.63, 3.8) is 0 Å². The first-order valence-corrected chi connectivity index (χ1v) is 12.1. The highest BCUT2D eigenvalue weighted by Crippen LogP contribution is 2.43. The van der Waals surface area contributed by atoms with Crippen molar-refractivity contribution in [3.8, 4) is 17.2 Å². The van der Waals surface area contributed by atoms with E-state index >= 15 is 0 Å². The maximum Gasteiger partial charge on any atom is 0.274 e. The molecular formula is C24H20N4O3S. The summed E-state index contributed by atoms with van der Waals surface area (Å²) < 4.78 is 25.4. The quantitative estimate of drug-likeness (QED) is 0.521. The summed E-state index contributed by atoms with van der Waals surface area (Å²) in [6.45, 7) is 0.518. The molecule has 7 nitrogen and oxygen atoms in total. The van der Waals surface area contributed by atoms with E-state index in [2.05, 4.69) is 16.0 Å². The number of H-pyrrole nitrogens is 1. The highest BCUT2D eigenvalue weighted by atomic mass is 32.2. The van der Waals surface area contributed by atoms with Crippen LogP contribution in [0.1, 0.15) is 16.7 Å². The van der Waals surface area contributed by atoms with E-state index in [1.54, 1.807) is 23.7 Å². The van der Waals surface area contributed by atoms with Crippen molar-refractivity contribution in [2.24, 2.45) is 7.05 Å². The molecule has 4 aromatic rings. The zero-order valence-corrected chi connectivity index (χ0v) is 18.4. The molecule has 1 N–H and O–H groups in total. The zero-order chi connectivity index (χ0) is 22.6. The maximum absolute atomic E-state index is 12.7. The molecule has 0 fully saturated rings. The number of benzene rings is 2. The maximum atomic E-state index is 12.7. The molecule has 0 amide bonds. The van der Waals surface area contributed by atoms with Gasteiger partial charge >= 0.3 is 0 Å². The molecule has 2 aromatic heterocycles. The number of aryl methyl sites for hydroxylation is 1. The van der Waals surface area contributed by atoms with Crippen LogP contribution in [0, 0.1) is 11.3 Å². The van der Waals surface area contributed by atoms with Crippen LogP contribution in [-0.4, -0.2) is 24.2 Å². The normalized spacial score (nSPS) is 13.0. The van der Waals surface area contributed by atoms with E-state index in [1.807, 2.05) is 42.7 Å². The molecule has 0 radical (unpaired) electrons. The summed E-state index contributed by atoms with van der Waals surface area (Å²) in [5.74, 6) is -0.0634. The third-order valence-electron chi connectivity index (χ3n) is 5.80. The molecule has 1 aliphatic heterocycles. The van der Waals surface area contributed by atoms with Crippen LogP contribution >= 0.6 is 0 Å². The fourth-order valence-electron chi connectivity index (χ4n) is 4.39. The van der Waals surface area contributed by atoms with Crippen LogP contribution in [-0.2, 0) is 29.2 Å². The van der Waals surface area contributed by atoms with Crippen LogP contribution in [0.4, 0.5) is 11.4 Å². The monoisotopic (exact) mass is 444 g/mol. The molecule has 8 heteroatoms. The Hall–Kier alpha value is -3.83. The van der Waals surface area contributed by atoms with Crippen molar-refractivity contribution in [3.05, 3.63) is 81.9 Å². The summed E-state index contributed by atoms with van der Waals surface area (Å²) in [6.07, 6.45) is 4.89. The van der Waals surface area contributed by atoms with Crippen LogP contribution in [0.25, 0.3) is 22.0 Å². The molecule has 0 spiro atoms. The van der Waals surface area contributed by atoms with Crippen molar-refractivity contribution in [2.75, 3.05) is 11.2 Å². The molecule has 160 valence electrons. The molecule has 0 bridgehead atoms. The number of nitriles is 1. The van der Waals surface area contributed by atoms with E-state index in [4.69, 9.17) is 5.26 Å². The van der Waals surface area contributed by atoms with E-state index in [0.29, 0.717) is 23.2 Å². The first-order valence-electron chi connectivity index (χ1n) is 10.0. The fraction of sp³-hybridized carbons (Fsp3) is 0.167. The number of nitrogens with one attached hydrogen (secondary N) is 1. The molecule has 2 aromatic carbocycles. The number of pyridine rings is 1. The number of hydrogen-bond acceptors (Lipinski definition) is 5. The van der Waals surface area contributed by atoms with Crippen molar-refractivity contribution in [1.82, 2.24) is 9.55 Å². The lowest BCUT2D eigenvalue weighted by atomic mass is 9.99. The third-order valence-corrected chi connectivity index (χ3v) is 6.65. The summed E-state index contributed by atoms with van der Waals surface area (Å²) >= 11 is 0. The molecule has 32 heavy (non-hydrogen) atoms. The minimum atomic E-state index is -3.21. The standard InChI is InChI=1S/C24H20N4O3S/c1-27-13-20-19-9-16(14-32(2,30)31)5-8-21(19)28(18-6-3-15(10-25)4-7-18)12-17-11-26-23(22(17)20)24(27)29/h3-9,11,13,26H,12,14H2,1-2H3. The molecule has 0 saturated carbocycles. The van der Waals surface area contributed by atoms with Gasteiger partial charge in [0.1, 0.15) is 5.52 Å². The van der Waals surface area contributed by atoms with E-state index in [1.165, 1.54) is 6.26 Å². The molecule has 0 saturated heterocycles. The van der Waals surface area contributed by atoms with Gasteiger partial charge in [-0.3, -0.25) is 4.79 Å². The lowest BCUT2D eigenvalue weighted by molar-refractivity contribution is 0.601. The number of fused-ring (bicyclic) bond motifs is 2. The van der Waals surface area contributed by atoms with Gasteiger partial charge in [-0.05, 0) is 47.5 Å². The van der Waals surface area contributed by atoms with Crippen LogP contribution < -0.4 is 10.5 Å². The second-order valence-electron chi connectivity index (χ2n) is 8.19. The molecule has 5 rings (SSSR count). The number of aromatic amines is 1. The average Bonchev–Trinajstić information content (AvgIpc) is 3.12. The van der Waals surface area contributed by atoms with Gasteiger partial charge < -0.3 is 14.5 Å². The molecule has 0 aliphatic carbocycles. The van der Waals surface area contributed by atoms with Crippen molar-refractivity contribution in [2.45, 2.75) is 12.3 Å².